The van der Waals surface area contributed by atoms with Crippen LogP contribution in [0.15, 0.2) is 18.2 Å². The highest BCUT2D eigenvalue weighted by Crippen LogP contribution is 2.28. The topological polar surface area (TPSA) is 29.5 Å². The van der Waals surface area contributed by atoms with E-state index in [4.69, 9.17) is 16.3 Å². The SMILES string of the molecule is CC(C)Oc1ccc([C@H](C)O)cc1Cl. The summed E-state index contributed by atoms with van der Waals surface area (Å²) in [4.78, 5) is 0. The van der Waals surface area contributed by atoms with Crippen molar-refractivity contribution in [2.45, 2.75) is 33.0 Å². The van der Waals surface area contributed by atoms with Gasteiger partial charge in [-0.15, -0.1) is 0 Å². The van der Waals surface area contributed by atoms with Gasteiger partial charge in [0.25, 0.3) is 0 Å². The molecule has 1 aromatic carbocycles. The number of rotatable bonds is 3. The molecule has 0 aromatic heterocycles. The molecule has 0 saturated carbocycles. The summed E-state index contributed by atoms with van der Waals surface area (Å²) in [6.07, 6.45) is -0.398. The molecule has 1 rings (SSSR count). The summed E-state index contributed by atoms with van der Waals surface area (Å²) >= 11 is 5.98. The van der Waals surface area contributed by atoms with E-state index in [1.54, 1.807) is 19.1 Å². The molecule has 0 fully saturated rings. The van der Waals surface area contributed by atoms with E-state index in [0.29, 0.717) is 10.8 Å². The van der Waals surface area contributed by atoms with E-state index in [1.807, 2.05) is 19.9 Å². The highest BCUT2D eigenvalue weighted by atomic mass is 35.5. The number of hydrogen-bond acceptors (Lipinski definition) is 2. The lowest BCUT2D eigenvalue weighted by Crippen LogP contribution is -2.06. The molecule has 14 heavy (non-hydrogen) atoms. The van der Waals surface area contributed by atoms with Crippen LogP contribution in [0.2, 0.25) is 5.02 Å². The Balaban J connectivity index is 2.90. The van der Waals surface area contributed by atoms with E-state index in [9.17, 15) is 5.11 Å². The smallest absolute Gasteiger partial charge is 0.138 e. The third kappa shape index (κ3) is 2.89. The lowest BCUT2D eigenvalue weighted by Gasteiger charge is -2.13. The number of aliphatic hydroxyl groups excluding tert-OH is 1. The number of benzene rings is 1. The van der Waals surface area contributed by atoms with Crippen LogP contribution in [0.1, 0.15) is 32.4 Å². The van der Waals surface area contributed by atoms with Crippen LogP contribution in [0.3, 0.4) is 0 Å². The highest BCUT2D eigenvalue weighted by Gasteiger charge is 2.07. The Hall–Kier alpha value is -0.730. The van der Waals surface area contributed by atoms with E-state index in [1.165, 1.54) is 0 Å². The fourth-order valence-electron chi connectivity index (χ4n) is 1.13. The van der Waals surface area contributed by atoms with Crippen molar-refractivity contribution >= 4 is 11.6 Å². The highest BCUT2D eigenvalue weighted by molar-refractivity contribution is 6.32. The zero-order valence-electron chi connectivity index (χ0n) is 8.62. The summed E-state index contributed by atoms with van der Waals surface area (Å²) < 4.78 is 5.47. The molecule has 0 aliphatic heterocycles. The quantitative estimate of drug-likeness (QED) is 0.838. The van der Waals surface area contributed by atoms with Crippen molar-refractivity contribution in [2.24, 2.45) is 0 Å². The zero-order chi connectivity index (χ0) is 10.7. The van der Waals surface area contributed by atoms with Gasteiger partial charge in [0.05, 0.1) is 17.2 Å². The Kier molecular flexibility index (Phi) is 3.78. The van der Waals surface area contributed by atoms with Gasteiger partial charge in [-0.1, -0.05) is 17.7 Å². The van der Waals surface area contributed by atoms with Gasteiger partial charge in [0, 0.05) is 0 Å². The molecular weight excluding hydrogens is 200 g/mol. The van der Waals surface area contributed by atoms with Gasteiger partial charge in [0.1, 0.15) is 5.75 Å². The van der Waals surface area contributed by atoms with Crippen LogP contribution in [0.4, 0.5) is 0 Å². The predicted octanol–water partition coefficient (Wildman–Crippen LogP) is 3.18. The maximum atomic E-state index is 9.32. The number of aliphatic hydroxyl groups is 1. The third-order valence-corrected chi connectivity index (χ3v) is 2.10. The molecule has 1 atom stereocenters. The summed E-state index contributed by atoms with van der Waals surface area (Å²) in [5.74, 6) is 0.658. The maximum absolute atomic E-state index is 9.32. The van der Waals surface area contributed by atoms with Crippen LogP contribution in [0.25, 0.3) is 0 Å². The van der Waals surface area contributed by atoms with Crippen molar-refractivity contribution in [1.82, 2.24) is 0 Å². The fourth-order valence-corrected chi connectivity index (χ4v) is 1.36. The summed E-state index contributed by atoms with van der Waals surface area (Å²) in [7, 11) is 0. The van der Waals surface area contributed by atoms with E-state index in [-0.39, 0.29) is 6.10 Å². The molecular formula is C11H15ClO2. The molecule has 0 spiro atoms. The van der Waals surface area contributed by atoms with E-state index in [0.717, 1.165) is 5.56 Å². The third-order valence-electron chi connectivity index (χ3n) is 1.80. The van der Waals surface area contributed by atoms with Crippen LogP contribution >= 0.6 is 11.6 Å². The second-order valence-electron chi connectivity index (χ2n) is 3.53. The molecule has 0 heterocycles. The predicted molar refractivity (Wildman–Crippen MR) is 57.8 cm³/mol. The van der Waals surface area contributed by atoms with Gasteiger partial charge in [0.15, 0.2) is 0 Å². The lowest BCUT2D eigenvalue weighted by molar-refractivity contribution is 0.199. The second kappa shape index (κ2) is 4.67. The molecule has 0 amide bonds. The van der Waals surface area contributed by atoms with Gasteiger partial charge in [-0.05, 0) is 38.5 Å². The first kappa shape index (κ1) is 11.3. The second-order valence-corrected chi connectivity index (χ2v) is 3.94. The Morgan fingerprint density at radius 1 is 1.29 bits per heavy atom. The molecule has 1 N–H and O–H groups in total. The molecule has 0 radical (unpaired) electrons. The minimum Gasteiger partial charge on any atom is -0.489 e. The van der Waals surface area contributed by atoms with Crippen LogP contribution in [-0.2, 0) is 0 Å². The first-order valence-corrected chi connectivity index (χ1v) is 5.02. The van der Waals surface area contributed by atoms with Crippen molar-refractivity contribution in [3.05, 3.63) is 28.8 Å². The Labute approximate surface area is 89.5 Å². The largest absolute Gasteiger partial charge is 0.489 e. The molecule has 1 aromatic rings. The van der Waals surface area contributed by atoms with Crippen molar-refractivity contribution in [1.29, 1.82) is 0 Å². The molecule has 3 heteroatoms. The minimum absolute atomic E-state index is 0.102. The lowest BCUT2D eigenvalue weighted by atomic mass is 10.1. The van der Waals surface area contributed by atoms with Crippen molar-refractivity contribution in [2.75, 3.05) is 0 Å². The average Bonchev–Trinajstić information content (AvgIpc) is 2.07. The van der Waals surface area contributed by atoms with E-state index in [2.05, 4.69) is 0 Å². The Morgan fingerprint density at radius 2 is 1.93 bits per heavy atom. The van der Waals surface area contributed by atoms with Crippen molar-refractivity contribution in [3.8, 4) is 5.75 Å². The first-order chi connectivity index (χ1) is 6.50. The molecule has 2 nitrogen and oxygen atoms in total. The first-order valence-electron chi connectivity index (χ1n) is 4.65. The minimum atomic E-state index is -0.499. The standard InChI is InChI=1S/C11H15ClO2/c1-7(2)14-11-5-4-9(8(3)13)6-10(11)12/h4-8,13H,1-3H3/t8-/m0/s1. The summed E-state index contributed by atoms with van der Waals surface area (Å²) in [5, 5.41) is 9.86. The normalized spacial score (nSPS) is 13.0. The van der Waals surface area contributed by atoms with Gasteiger partial charge in [-0.2, -0.15) is 0 Å². The number of hydrogen-bond donors (Lipinski definition) is 1. The Bertz CT molecular complexity index is 308. The maximum Gasteiger partial charge on any atom is 0.138 e. The van der Waals surface area contributed by atoms with Crippen molar-refractivity contribution in [3.63, 3.8) is 0 Å². The van der Waals surface area contributed by atoms with Crippen LogP contribution in [0.5, 0.6) is 5.75 Å². The number of ether oxygens (including phenoxy) is 1. The summed E-state index contributed by atoms with van der Waals surface area (Å²) in [5.41, 5.74) is 0.797. The van der Waals surface area contributed by atoms with E-state index >= 15 is 0 Å². The molecule has 78 valence electrons. The van der Waals surface area contributed by atoms with Gasteiger partial charge in [-0.3, -0.25) is 0 Å². The van der Waals surface area contributed by atoms with Gasteiger partial charge in [0.2, 0.25) is 0 Å². The average molecular weight is 215 g/mol. The zero-order valence-corrected chi connectivity index (χ0v) is 9.38. The van der Waals surface area contributed by atoms with Gasteiger partial charge in [-0.25, -0.2) is 0 Å². The van der Waals surface area contributed by atoms with Gasteiger partial charge < -0.3 is 9.84 Å². The molecule has 0 saturated heterocycles. The van der Waals surface area contributed by atoms with Crippen LogP contribution < -0.4 is 4.74 Å². The monoisotopic (exact) mass is 214 g/mol. The van der Waals surface area contributed by atoms with Gasteiger partial charge >= 0.3 is 0 Å². The molecule has 0 aliphatic rings. The van der Waals surface area contributed by atoms with E-state index < -0.39 is 6.10 Å². The Morgan fingerprint density at radius 3 is 2.36 bits per heavy atom. The number of halogens is 1. The fraction of sp³-hybridized carbons (Fsp3) is 0.455. The van der Waals surface area contributed by atoms with Crippen LogP contribution in [0, 0.1) is 0 Å². The molecule has 0 bridgehead atoms. The molecule has 0 unspecified atom stereocenters. The van der Waals surface area contributed by atoms with Crippen LogP contribution in [-0.4, -0.2) is 11.2 Å². The summed E-state index contributed by atoms with van der Waals surface area (Å²) in [6, 6.07) is 5.32. The summed E-state index contributed by atoms with van der Waals surface area (Å²) in [6.45, 7) is 5.59. The molecule has 0 aliphatic carbocycles. The van der Waals surface area contributed by atoms with Crippen molar-refractivity contribution < 1.29 is 9.84 Å².